The third kappa shape index (κ3) is 3.19. The Balaban J connectivity index is 1.44. The van der Waals surface area contributed by atoms with Crippen molar-refractivity contribution in [3.05, 3.63) is 54.6 Å². The van der Waals surface area contributed by atoms with E-state index in [0.717, 1.165) is 29.7 Å². The van der Waals surface area contributed by atoms with Crippen LogP contribution < -0.4 is 5.32 Å². The van der Waals surface area contributed by atoms with Gasteiger partial charge in [0.05, 0.1) is 11.2 Å². The molecule has 0 atom stereocenters. The number of nitrogens with one attached hydrogen (secondary N) is 1. The fourth-order valence-corrected chi connectivity index (χ4v) is 5.01. The molecule has 2 aromatic rings. The summed E-state index contributed by atoms with van der Waals surface area (Å²) in [6.07, 6.45) is 1.50. The van der Waals surface area contributed by atoms with Crippen molar-refractivity contribution in [3.8, 4) is 11.1 Å². The quantitative estimate of drug-likeness (QED) is 0.896. The van der Waals surface area contributed by atoms with Gasteiger partial charge in [0.2, 0.25) is 15.9 Å². The van der Waals surface area contributed by atoms with Crippen LogP contribution in [0.15, 0.2) is 54.6 Å². The smallest absolute Gasteiger partial charge is 0.230 e. The predicted octanol–water partition coefficient (Wildman–Crippen LogP) is 2.72. The Hall–Kier alpha value is -2.18. The molecule has 0 spiro atoms. The second kappa shape index (κ2) is 6.28. The van der Waals surface area contributed by atoms with Gasteiger partial charge in [-0.1, -0.05) is 48.5 Å². The van der Waals surface area contributed by atoms with E-state index in [0.29, 0.717) is 0 Å². The predicted molar refractivity (Wildman–Crippen MR) is 97.5 cm³/mol. The average Bonchev–Trinajstić information content (AvgIpc) is 3.40. The molecule has 4 rings (SSSR count). The average molecular weight is 356 g/mol. The van der Waals surface area contributed by atoms with Crippen molar-refractivity contribution in [2.45, 2.75) is 18.1 Å². The number of amides is 1. The molecule has 2 aromatic carbocycles. The summed E-state index contributed by atoms with van der Waals surface area (Å²) in [5.41, 5.74) is 2.74. The zero-order valence-electron chi connectivity index (χ0n) is 13.8. The molecule has 2 aliphatic rings. The number of benzene rings is 2. The molecule has 1 N–H and O–H groups in total. The molecule has 1 amide bonds. The third-order valence-corrected chi connectivity index (χ3v) is 7.13. The lowest BCUT2D eigenvalue weighted by molar-refractivity contribution is -0.122. The molecule has 25 heavy (non-hydrogen) atoms. The SMILES string of the molecule is O=C(Nc1ccccc1-c1ccccc1)C1CN(S(=O)(=O)C2CC2)C1. The minimum absolute atomic E-state index is 0.120. The molecule has 6 heteroatoms. The molecule has 0 radical (unpaired) electrons. The van der Waals surface area contributed by atoms with Gasteiger partial charge in [0, 0.05) is 24.3 Å². The number of nitrogens with zero attached hydrogens (tertiary/aromatic N) is 1. The van der Waals surface area contributed by atoms with Crippen LogP contribution in [0.2, 0.25) is 0 Å². The Morgan fingerprint density at radius 3 is 2.28 bits per heavy atom. The summed E-state index contributed by atoms with van der Waals surface area (Å²) in [6, 6.07) is 17.5. The zero-order chi connectivity index (χ0) is 17.4. The zero-order valence-corrected chi connectivity index (χ0v) is 14.6. The summed E-state index contributed by atoms with van der Waals surface area (Å²) < 4.78 is 25.7. The lowest BCUT2D eigenvalue weighted by Crippen LogP contribution is -2.55. The fourth-order valence-electron chi connectivity index (χ4n) is 3.08. The van der Waals surface area contributed by atoms with Crippen LogP contribution in [0.25, 0.3) is 11.1 Å². The Morgan fingerprint density at radius 2 is 1.60 bits per heavy atom. The van der Waals surface area contributed by atoms with Crippen molar-refractivity contribution < 1.29 is 13.2 Å². The first-order valence-corrected chi connectivity index (χ1v) is 10.0. The molecule has 1 saturated heterocycles. The lowest BCUT2D eigenvalue weighted by Gasteiger charge is -2.37. The molecule has 130 valence electrons. The van der Waals surface area contributed by atoms with Gasteiger partial charge >= 0.3 is 0 Å². The van der Waals surface area contributed by atoms with Crippen molar-refractivity contribution in [3.63, 3.8) is 0 Å². The molecule has 0 unspecified atom stereocenters. The Kier molecular flexibility index (Phi) is 4.09. The van der Waals surface area contributed by atoms with Crippen LogP contribution in [0.3, 0.4) is 0 Å². The summed E-state index contributed by atoms with van der Waals surface area (Å²) in [5, 5.41) is 2.75. The minimum Gasteiger partial charge on any atom is -0.325 e. The van der Waals surface area contributed by atoms with Gasteiger partial charge in [0.25, 0.3) is 0 Å². The first-order valence-electron chi connectivity index (χ1n) is 8.50. The van der Waals surface area contributed by atoms with E-state index in [1.807, 2.05) is 54.6 Å². The van der Waals surface area contributed by atoms with Crippen LogP contribution in [-0.2, 0) is 14.8 Å². The monoisotopic (exact) mass is 356 g/mol. The van der Waals surface area contributed by atoms with Gasteiger partial charge in [0.15, 0.2) is 0 Å². The molecular weight excluding hydrogens is 336 g/mol. The fraction of sp³-hybridized carbons (Fsp3) is 0.316. The van der Waals surface area contributed by atoms with Gasteiger partial charge in [-0.05, 0) is 24.5 Å². The minimum atomic E-state index is -3.17. The molecular formula is C19H20N2O3S. The number of anilines is 1. The third-order valence-electron chi connectivity index (χ3n) is 4.79. The number of rotatable bonds is 5. The summed E-state index contributed by atoms with van der Waals surface area (Å²) in [4.78, 5) is 12.5. The summed E-state index contributed by atoms with van der Waals surface area (Å²) >= 11 is 0. The molecule has 5 nitrogen and oxygen atoms in total. The van der Waals surface area contributed by atoms with E-state index in [-0.39, 0.29) is 30.2 Å². The maximum Gasteiger partial charge on any atom is 0.230 e. The number of hydrogen-bond acceptors (Lipinski definition) is 3. The van der Waals surface area contributed by atoms with Crippen LogP contribution in [-0.4, -0.2) is 37.0 Å². The second-order valence-electron chi connectivity index (χ2n) is 6.66. The van der Waals surface area contributed by atoms with Gasteiger partial charge in [0.1, 0.15) is 0 Å². The summed E-state index contributed by atoms with van der Waals surface area (Å²) in [7, 11) is -3.17. The standard InChI is InChI=1S/C19H20N2O3S/c22-19(15-12-21(13-15)25(23,24)16-10-11-16)20-18-9-5-4-8-17(18)14-6-2-1-3-7-14/h1-9,15-16H,10-13H2,(H,20,22). The van der Waals surface area contributed by atoms with Crippen molar-refractivity contribution >= 4 is 21.6 Å². The van der Waals surface area contributed by atoms with E-state index < -0.39 is 10.0 Å². The van der Waals surface area contributed by atoms with E-state index >= 15 is 0 Å². The van der Waals surface area contributed by atoms with Crippen molar-refractivity contribution in [2.75, 3.05) is 18.4 Å². The van der Waals surface area contributed by atoms with Gasteiger partial charge in [-0.15, -0.1) is 0 Å². The van der Waals surface area contributed by atoms with Gasteiger partial charge in [-0.3, -0.25) is 4.79 Å². The summed E-state index contributed by atoms with van der Waals surface area (Å²) in [6.45, 7) is 0.580. The van der Waals surface area contributed by atoms with Crippen molar-refractivity contribution in [1.82, 2.24) is 4.31 Å². The van der Waals surface area contributed by atoms with Crippen LogP contribution >= 0.6 is 0 Å². The number of sulfonamides is 1. The van der Waals surface area contributed by atoms with E-state index in [2.05, 4.69) is 5.32 Å². The largest absolute Gasteiger partial charge is 0.325 e. The first kappa shape index (κ1) is 16.3. The maximum atomic E-state index is 12.5. The van der Waals surface area contributed by atoms with Crippen molar-refractivity contribution in [2.24, 2.45) is 5.92 Å². The molecule has 1 aliphatic heterocycles. The number of carbonyl (C=O) groups is 1. The molecule has 2 fully saturated rings. The van der Waals surface area contributed by atoms with Crippen molar-refractivity contribution in [1.29, 1.82) is 0 Å². The molecule has 1 saturated carbocycles. The van der Waals surface area contributed by atoms with Crippen LogP contribution in [0.5, 0.6) is 0 Å². The topological polar surface area (TPSA) is 66.5 Å². The number of hydrogen-bond donors (Lipinski definition) is 1. The first-order chi connectivity index (χ1) is 12.1. The van der Waals surface area contributed by atoms with E-state index in [4.69, 9.17) is 0 Å². The van der Waals surface area contributed by atoms with Gasteiger partial charge in [-0.2, -0.15) is 4.31 Å². The van der Waals surface area contributed by atoms with Gasteiger partial charge < -0.3 is 5.32 Å². The molecule has 0 bridgehead atoms. The molecule has 1 aliphatic carbocycles. The Morgan fingerprint density at radius 1 is 0.960 bits per heavy atom. The van der Waals surface area contributed by atoms with E-state index in [9.17, 15) is 13.2 Å². The Bertz CT molecular complexity index is 886. The van der Waals surface area contributed by atoms with Gasteiger partial charge in [-0.25, -0.2) is 8.42 Å². The highest BCUT2D eigenvalue weighted by atomic mass is 32.2. The second-order valence-corrected chi connectivity index (χ2v) is 8.87. The van der Waals surface area contributed by atoms with E-state index in [1.54, 1.807) is 0 Å². The maximum absolute atomic E-state index is 12.5. The number of carbonyl (C=O) groups excluding carboxylic acids is 1. The molecule has 1 heterocycles. The normalized spacial score (nSPS) is 18.6. The lowest BCUT2D eigenvalue weighted by atomic mass is 10.0. The Labute approximate surface area is 147 Å². The summed E-state index contributed by atoms with van der Waals surface area (Å²) in [5.74, 6) is -0.400. The number of para-hydroxylation sites is 1. The highest BCUT2D eigenvalue weighted by molar-refractivity contribution is 7.90. The van der Waals surface area contributed by atoms with Crippen LogP contribution in [0, 0.1) is 5.92 Å². The molecule has 0 aromatic heterocycles. The highest BCUT2D eigenvalue weighted by Crippen LogP contribution is 2.35. The van der Waals surface area contributed by atoms with Crippen LogP contribution in [0.4, 0.5) is 5.69 Å². The highest BCUT2D eigenvalue weighted by Gasteiger charge is 2.46. The van der Waals surface area contributed by atoms with E-state index in [1.165, 1.54) is 4.31 Å². The van der Waals surface area contributed by atoms with Crippen LogP contribution in [0.1, 0.15) is 12.8 Å².